The number of carbonyl (C=O) groups is 2. The molecule has 9 nitrogen and oxygen atoms in total. The number of nitrogens with zero attached hydrogens (tertiary/aromatic N) is 5. The predicted molar refractivity (Wildman–Crippen MR) is 105 cm³/mol. The molecule has 1 aromatic heterocycles. The SMILES string of the molecule is COc1ccc(C(=O)Nc2ccc(-n3nnc(C(=O)N4CCCC4)n3)cc2)cc1. The Morgan fingerprint density at radius 3 is 2.34 bits per heavy atom. The number of nitrogens with one attached hydrogen (secondary N) is 1. The van der Waals surface area contributed by atoms with E-state index in [-0.39, 0.29) is 17.6 Å². The summed E-state index contributed by atoms with van der Waals surface area (Å²) in [6, 6.07) is 13.8. The van der Waals surface area contributed by atoms with Crippen molar-refractivity contribution < 1.29 is 14.3 Å². The molecule has 2 aromatic carbocycles. The van der Waals surface area contributed by atoms with Gasteiger partial charge >= 0.3 is 0 Å². The molecule has 0 spiro atoms. The van der Waals surface area contributed by atoms with Crippen molar-refractivity contribution in [1.82, 2.24) is 25.1 Å². The van der Waals surface area contributed by atoms with Gasteiger partial charge in [0, 0.05) is 24.3 Å². The Balaban J connectivity index is 1.42. The Hall–Kier alpha value is -3.75. The van der Waals surface area contributed by atoms with E-state index in [9.17, 15) is 9.59 Å². The molecular weight excluding hydrogens is 372 g/mol. The topological polar surface area (TPSA) is 102 Å². The summed E-state index contributed by atoms with van der Waals surface area (Å²) in [4.78, 5) is 27.7. The van der Waals surface area contributed by atoms with Crippen LogP contribution in [0.3, 0.4) is 0 Å². The van der Waals surface area contributed by atoms with E-state index in [0.29, 0.717) is 22.7 Å². The number of likely N-dealkylation sites (tertiary alicyclic amines) is 1. The molecule has 148 valence electrons. The van der Waals surface area contributed by atoms with E-state index in [0.717, 1.165) is 25.9 Å². The molecule has 1 fully saturated rings. The number of ether oxygens (including phenoxy) is 1. The van der Waals surface area contributed by atoms with Crippen molar-refractivity contribution in [3.63, 3.8) is 0 Å². The van der Waals surface area contributed by atoms with E-state index in [4.69, 9.17) is 4.74 Å². The van der Waals surface area contributed by atoms with Crippen molar-refractivity contribution in [2.24, 2.45) is 0 Å². The van der Waals surface area contributed by atoms with Crippen molar-refractivity contribution in [2.45, 2.75) is 12.8 Å². The van der Waals surface area contributed by atoms with Crippen LogP contribution in [0.4, 0.5) is 5.69 Å². The zero-order chi connectivity index (χ0) is 20.2. The minimum atomic E-state index is -0.224. The van der Waals surface area contributed by atoms with Gasteiger partial charge in [0.1, 0.15) is 5.75 Å². The van der Waals surface area contributed by atoms with Gasteiger partial charge in [-0.1, -0.05) is 0 Å². The number of carbonyl (C=O) groups excluding carboxylic acids is 2. The van der Waals surface area contributed by atoms with Gasteiger partial charge in [0.05, 0.1) is 12.8 Å². The molecule has 4 rings (SSSR count). The molecule has 1 aliphatic heterocycles. The van der Waals surface area contributed by atoms with Gasteiger partial charge in [0.25, 0.3) is 17.6 Å². The highest BCUT2D eigenvalue weighted by atomic mass is 16.5. The Kier molecular flexibility index (Phi) is 5.19. The minimum Gasteiger partial charge on any atom is -0.497 e. The lowest BCUT2D eigenvalue weighted by Gasteiger charge is -2.11. The molecule has 1 N–H and O–H groups in total. The highest BCUT2D eigenvalue weighted by Gasteiger charge is 2.23. The number of benzene rings is 2. The zero-order valence-corrected chi connectivity index (χ0v) is 15.9. The van der Waals surface area contributed by atoms with E-state index in [1.54, 1.807) is 60.5 Å². The van der Waals surface area contributed by atoms with Gasteiger partial charge in [0.15, 0.2) is 0 Å². The van der Waals surface area contributed by atoms with Crippen molar-refractivity contribution in [2.75, 3.05) is 25.5 Å². The fraction of sp³-hybridized carbons (Fsp3) is 0.250. The van der Waals surface area contributed by atoms with E-state index >= 15 is 0 Å². The molecule has 29 heavy (non-hydrogen) atoms. The van der Waals surface area contributed by atoms with Gasteiger partial charge in [-0.2, -0.15) is 0 Å². The van der Waals surface area contributed by atoms with Crippen LogP contribution in [0.15, 0.2) is 48.5 Å². The second kappa shape index (κ2) is 8.09. The number of hydrogen-bond donors (Lipinski definition) is 1. The first-order valence-electron chi connectivity index (χ1n) is 9.29. The lowest BCUT2D eigenvalue weighted by molar-refractivity contribution is 0.0780. The maximum Gasteiger partial charge on any atom is 0.295 e. The molecule has 3 aromatic rings. The molecule has 1 saturated heterocycles. The van der Waals surface area contributed by atoms with Crippen LogP contribution in [0.25, 0.3) is 5.69 Å². The fourth-order valence-electron chi connectivity index (χ4n) is 3.09. The first-order valence-corrected chi connectivity index (χ1v) is 9.29. The smallest absolute Gasteiger partial charge is 0.295 e. The first-order chi connectivity index (χ1) is 14.1. The van der Waals surface area contributed by atoms with E-state index in [2.05, 4.69) is 20.7 Å². The standard InChI is InChI=1S/C20H20N6O3/c1-29-17-10-4-14(5-11-17)19(27)21-15-6-8-16(9-7-15)26-23-18(22-24-26)20(28)25-12-2-3-13-25/h4-11H,2-3,12-13H2,1H3,(H,21,27). The van der Waals surface area contributed by atoms with E-state index < -0.39 is 0 Å². The van der Waals surface area contributed by atoms with Gasteiger partial charge < -0.3 is 15.0 Å². The van der Waals surface area contributed by atoms with E-state index in [1.807, 2.05) is 0 Å². The number of tetrazole rings is 1. The van der Waals surface area contributed by atoms with Gasteiger partial charge in [-0.15, -0.1) is 15.0 Å². The Bertz CT molecular complexity index is 1010. The van der Waals surface area contributed by atoms with Gasteiger partial charge in [-0.3, -0.25) is 9.59 Å². The Morgan fingerprint density at radius 2 is 1.69 bits per heavy atom. The third-order valence-corrected chi connectivity index (χ3v) is 4.71. The molecule has 0 bridgehead atoms. The predicted octanol–water partition coefficient (Wildman–Crippen LogP) is 2.16. The van der Waals surface area contributed by atoms with Gasteiger partial charge in [0.2, 0.25) is 0 Å². The summed E-state index contributed by atoms with van der Waals surface area (Å²) in [6.07, 6.45) is 2.01. The third kappa shape index (κ3) is 4.08. The average molecular weight is 392 g/mol. The molecule has 1 aliphatic rings. The number of aromatic nitrogens is 4. The maximum absolute atomic E-state index is 12.3. The van der Waals surface area contributed by atoms with Crippen molar-refractivity contribution in [3.8, 4) is 11.4 Å². The zero-order valence-electron chi connectivity index (χ0n) is 15.9. The number of hydrogen-bond acceptors (Lipinski definition) is 6. The maximum atomic E-state index is 12.3. The molecule has 0 unspecified atom stereocenters. The summed E-state index contributed by atoms with van der Waals surface area (Å²) < 4.78 is 5.09. The lowest BCUT2D eigenvalue weighted by Crippen LogP contribution is -2.28. The minimum absolute atomic E-state index is 0.0868. The average Bonchev–Trinajstić information content (AvgIpc) is 3.46. The third-order valence-electron chi connectivity index (χ3n) is 4.71. The van der Waals surface area contributed by atoms with E-state index in [1.165, 1.54) is 4.80 Å². The summed E-state index contributed by atoms with van der Waals surface area (Å²) >= 11 is 0. The first kappa shape index (κ1) is 18.6. The molecule has 0 saturated carbocycles. The van der Waals surface area contributed by atoms with Crippen molar-refractivity contribution >= 4 is 17.5 Å². The summed E-state index contributed by atoms with van der Waals surface area (Å²) in [6.45, 7) is 1.46. The molecule has 2 heterocycles. The van der Waals surface area contributed by atoms with Crippen LogP contribution >= 0.6 is 0 Å². The quantitative estimate of drug-likeness (QED) is 0.714. The van der Waals surface area contributed by atoms with Crippen LogP contribution < -0.4 is 10.1 Å². The van der Waals surface area contributed by atoms with Gasteiger partial charge in [-0.05, 0) is 66.6 Å². The Labute approximate surface area is 167 Å². The number of amides is 2. The van der Waals surface area contributed by atoms with Crippen LogP contribution in [0.5, 0.6) is 5.75 Å². The number of anilines is 1. The van der Waals surface area contributed by atoms with Gasteiger partial charge in [-0.25, -0.2) is 0 Å². The highest BCUT2D eigenvalue weighted by molar-refractivity contribution is 6.04. The summed E-state index contributed by atoms with van der Waals surface area (Å²) in [7, 11) is 1.58. The van der Waals surface area contributed by atoms with Crippen LogP contribution in [0, 0.1) is 0 Å². The molecule has 2 amide bonds. The lowest BCUT2D eigenvalue weighted by atomic mass is 10.2. The summed E-state index contributed by atoms with van der Waals surface area (Å²) in [5, 5.41) is 14.8. The Morgan fingerprint density at radius 1 is 1.00 bits per heavy atom. The highest BCUT2D eigenvalue weighted by Crippen LogP contribution is 2.16. The number of rotatable bonds is 5. The summed E-state index contributed by atoms with van der Waals surface area (Å²) in [5.74, 6) is 0.354. The van der Waals surface area contributed by atoms with Crippen molar-refractivity contribution in [3.05, 3.63) is 59.9 Å². The van der Waals surface area contributed by atoms with Crippen LogP contribution in [0.1, 0.15) is 33.8 Å². The molecular formula is C20H20N6O3. The fourth-order valence-corrected chi connectivity index (χ4v) is 3.09. The molecule has 0 radical (unpaired) electrons. The molecule has 0 atom stereocenters. The monoisotopic (exact) mass is 392 g/mol. The van der Waals surface area contributed by atoms with Crippen LogP contribution in [0.2, 0.25) is 0 Å². The van der Waals surface area contributed by atoms with Crippen LogP contribution in [-0.4, -0.2) is 57.1 Å². The molecule has 9 heteroatoms. The summed E-state index contributed by atoms with van der Waals surface area (Å²) in [5.41, 5.74) is 1.79. The second-order valence-electron chi connectivity index (χ2n) is 6.63. The molecule has 0 aliphatic carbocycles. The van der Waals surface area contributed by atoms with Crippen LogP contribution in [-0.2, 0) is 0 Å². The van der Waals surface area contributed by atoms with Crippen molar-refractivity contribution in [1.29, 1.82) is 0 Å². The normalized spacial score (nSPS) is 13.3. The number of methoxy groups -OCH3 is 1. The second-order valence-corrected chi connectivity index (χ2v) is 6.63. The largest absolute Gasteiger partial charge is 0.497 e.